The van der Waals surface area contributed by atoms with Crippen molar-refractivity contribution in [3.05, 3.63) is 76.4 Å². The Kier molecular flexibility index (Phi) is 3.97. The van der Waals surface area contributed by atoms with Gasteiger partial charge in [-0.1, -0.05) is 52.3 Å². The molecule has 0 saturated carbocycles. The molecule has 0 saturated heterocycles. The Labute approximate surface area is 131 Å². The minimum atomic E-state index is -0.116. The molecule has 0 aliphatic carbocycles. The molecule has 21 heavy (non-hydrogen) atoms. The number of nitrogens with zero attached hydrogens (tertiary/aromatic N) is 1. The van der Waals surface area contributed by atoms with E-state index in [0.29, 0.717) is 17.6 Å². The number of carbonyl (C=O) groups is 1. The Balaban J connectivity index is 1.87. The van der Waals surface area contributed by atoms with E-state index >= 15 is 0 Å². The molecule has 0 spiro atoms. The molecular formula is C17H13BrN2O. The van der Waals surface area contributed by atoms with E-state index in [1.807, 2.05) is 48.5 Å². The molecular weight excluding hydrogens is 328 g/mol. The summed E-state index contributed by atoms with van der Waals surface area (Å²) < 4.78 is 0.935. The number of halogens is 1. The molecule has 3 rings (SSSR count). The summed E-state index contributed by atoms with van der Waals surface area (Å²) >= 11 is 3.48. The minimum absolute atomic E-state index is 0.116. The van der Waals surface area contributed by atoms with Gasteiger partial charge in [-0.25, -0.2) is 0 Å². The third-order valence-corrected chi connectivity index (χ3v) is 3.95. The normalized spacial score (nSPS) is 10.5. The Morgan fingerprint density at radius 1 is 1.05 bits per heavy atom. The smallest absolute Gasteiger partial charge is 0.253 e. The molecule has 1 N–H and O–H groups in total. The monoisotopic (exact) mass is 340 g/mol. The molecule has 0 bridgehead atoms. The van der Waals surface area contributed by atoms with Crippen molar-refractivity contribution >= 4 is 32.7 Å². The van der Waals surface area contributed by atoms with Crippen molar-refractivity contribution in [1.82, 2.24) is 10.3 Å². The number of fused-ring (bicyclic) bond motifs is 1. The fourth-order valence-electron chi connectivity index (χ4n) is 2.19. The maximum atomic E-state index is 12.4. The number of benzene rings is 2. The van der Waals surface area contributed by atoms with Gasteiger partial charge in [-0.3, -0.25) is 9.78 Å². The van der Waals surface area contributed by atoms with Crippen molar-refractivity contribution < 1.29 is 4.79 Å². The van der Waals surface area contributed by atoms with E-state index < -0.39 is 0 Å². The summed E-state index contributed by atoms with van der Waals surface area (Å²) in [7, 11) is 0. The lowest BCUT2D eigenvalue weighted by Gasteiger charge is -2.08. The maximum absolute atomic E-state index is 12.4. The summed E-state index contributed by atoms with van der Waals surface area (Å²) in [6.45, 7) is 0.504. The van der Waals surface area contributed by atoms with Crippen LogP contribution in [0.1, 0.15) is 15.9 Å². The van der Waals surface area contributed by atoms with Gasteiger partial charge in [-0.2, -0.15) is 0 Å². The lowest BCUT2D eigenvalue weighted by molar-refractivity contribution is 0.0952. The fourth-order valence-corrected chi connectivity index (χ4v) is 2.65. The van der Waals surface area contributed by atoms with Crippen LogP contribution in [0, 0.1) is 0 Å². The van der Waals surface area contributed by atoms with Gasteiger partial charge in [0.15, 0.2) is 0 Å². The first-order valence-electron chi connectivity index (χ1n) is 6.61. The van der Waals surface area contributed by atoms with E-state index in [4.69, 9.17) is 0 Å². The molecule has 104 valence electrons. The Morgan fingerprint density at radius 2 is 1.86 bits per heavy atom. The van der Waals surface area contributed by atoms with E-state index in [-0.39, 0.29) is 5.91 Å². The molecule has 1 heterocycles. The molecule has 0 unspecified atom stereocenters. The molecule has 0 aliphatic rings. The fraction of sp³-hybridized carbons (Fsp3) is 0.0588. The first-order valence-corrected chi connectivity index (χ1v) is 7.40. The SMILES string of the molecule is O=C(NCc1ccccc1)c1ccc(Br)c2cccnc12. The largest absolute Gasteiger partial charge is 0.348 e. The summed E-state index contributed by atoms with van der Waals surface area (Å²) in [5.41, 5.74) is 2.36. The van der Waals surface area contributed by atoms with E-state index in [1.165, 1.54) is 0 Å². The zero-order valence-corrected chi connectivity index (χ0v) is 12.8. The average Bonchev–Trinajstić information content (AvgIpc) is 2.54. The number of rotatable bonds is 3. The summed E-state index contributed by atoms with van der Waals surface area (Å²) in [6.07, 6.45) is 1.70. The molecule has 1 aromatic heterocycles. The zero-order valence-electron chi connectivity index (χ0n) is 11.2. The highest BCUT2D eigenvalue weighted by atomic mass is 79.9. The minimum Gasteiger partial charge on any atom is -0.348 e. The van der Waals surface area contributed by atoms with Crippen molar-refractivity contribution in [3.63, 3.8) is 0 Å². The summed E-state index contributed by atoms with van der Waals surface area (Å²) in [4.78, 5) is 16.7. The van der Waals surface area contributed by atoms with Crippen LogP contribution in [0.2, 0.25) is 0 Å². The standard InChI is InChI=1S/C17H13BrN2O/c18-15-9-8-14(16-13(15)7-4-10-19-16)17(21)20-11-12-5-2-1-3-6-12/h1-10H,11H2,(H,20,21). The Bertz CT molecular complexity index is 787. The van der Waals surface area contributed by atoms with E-state index in [0.717, 1.165) is 15.4 Å². The third kappa shape index (κ3) is 2.95. The number of hydrogen-bond donors (Lipinski definition) is 1. The summed E-state index contributed by atoms with van der Waals surface area (Å²) in [5.74, 6) is -0.116. The number of amides is 1. The molecule has 0 atom stereocenters. The molecule has 0 aliphatic heterocycles. The van der Waals surface area contributed by atoms with Crippen LogP contribution in [0.15, 0.2) is 65.3 Å². The molecule has 1 amide bonds. The molecule has 4 heteroatoms. The second-order valence-electron chi connectivity index (χ2n) is 4.66. The predicted octanol–water partition coefficient (Wildman–Crippen LogP) is 3.93. The van der Waals surface area contributed by atoms with Gasteiger partial charge in [0.25, 0.3) is 5.91 Å². The van der Waals surface area contributed by atoms with Crippen LogP contribution >= 0.6 is 15.9 Å². The van der Waals surface area contributed by atoms with Gasteiger partial charge in [0.2, 0.25) is 0 Å². The highest BCUT2D eigenvalue weighted by Gasteiger charge is 2.12. The van der Waals surface area contributed by atoms with Gasteiger partial charge in [0, 0.05) is 22.6 Å². The summed E-state index contributed by atoms with van der Waals surface area (Å²) in [5, 5.41) is 3.87. The number of nitrogens with one attached hydrogen (secondary N) is 1. The molecule has 0 fully saturated rings. The zero-order chi connectivity index (χ0) is 14.7. The van der Waals surface area contributed by atoms with Crippen LogP contribution in [0.4, 0.5) is 0 Å². The van der Waals surface area contributed by atoms with Gasteiger partial charge in [0.05, 0.1) is 11.1 Å². The third-order valence-electron chi connectivity index (χ3n) is 3.26. The van der Waals surface area contributed by atoms with Gasteiger partial charge in [-0.15, -0.1) is 0 Å². The Morgan fingerprint density at radius 3 is 2.67 bits per heavy atom. The second-order valence-corrected chi connectivity index (χ2v) is 5.52. The first kappa shape index (κ1) is 13.8. The van der Waals surface area contributed by atoms with Crippen molar-refractivity contribution in [1.29, 1.82) is 0 Å². The number of hydrogen-bond acceptors (Lipinski definition) is 2. The topological polar surface area (TPSA) is 42.0 Å². The van der Waals surface area contributed by atoms with Gasteiger partial charge in [0.1, 0.15) is 0 Å². The van der Waals surface area contributed by atoms with Gasteiger partial charge < -0.3 is 5.32 Å². The Hall–Kier alpha value is -2.20. The van der Waals surface area contributed by atoms with Crippen LogP contribution in [-0.2, 0) is 6.54 Å². The van der Waals surface area contributed by atoms with Gasteiger partial charge >= 0.3 is 0 Å². The first-order chi connectivity index (χ1) is 10.3. The average molecular weight is 341 g/mol. The van der Waals surface area contributed by atoms with Crippen LogP contribution in [-0.4, -0.2) is 10.9 Å². The highest BCUT2D eigenvalue weighted by Crippen LogP contribution is 2.25. The van der Waals surface area contributed by atoms with Crippen molar-refractivity contribution in [3.8, 4) is 0 Å². The molecule has 3 nitrogen and oxygen atoms in total. The predicted molar refractivity (Wildman–Crippen MR) is 87.1 cm³/mol. The molecule has 2 aromatic carbocycles. The lowest BCUT2D eigenvalue weighted by Crippen LogP contribution is -2.23. The quantitative estimate of drug-likeness (QED) is 0.784. The highest BCUT2D eigenvalue weighted by molar-refractivity contribution is 9.10. The van der Waals surface area contributed by atoms with Crippen LogP contribution in [0.25, 0.3) is 10.9 Å². The lowest BCUT2D eigenvalue weighted by atomic mass is 10.1. The van der Waals surface area contributed by atoms with Crippen molar-refractivity contribution in [2.24, 2.45) is 0 Å². The molecule has 3 aromatic rings. The van der Waals surface area contributed by atoms with Crippen molar-refractivity contribution in [2.45, 2.75) is 6.54 Å². The summed E-state index contributed by atoms with van der Waals surface area (Å²) in [6, 6.07) is 17.3. The van der Waals surface area contributed by atoms with Crippen LogP contribution < -0.4 is 5.32 Å². The van der Waals surface area contributed by atoms with E-state index in [9.17, 15) is 4.79 Å². The molecule has 0 radical (unpaired) electrons. The van der Waals surface area contributed by atoms with E-state index in [1.54, 1.807) is 12.3 Å². The van der Waals surface area contributed by atoms with Crippen LogP contribution in [0.5, 0.6) is 0 Å². The number of pyridine rings is 1. The van der Waals surface area contributed by atoms with Crippen LogP contribution in [0.3, 0.4) is 0 Å². The van der Waals surface area contributed by atoms with Crippen molar-refractivity contribution in [2.75, 3.05) is 0 Å². The second kappa shape index (κ2) is 6.06. The van der Waals surface area contributed by atoms with E-state index in [2.05, 4.69) is 26.2 Å². The maximum Gasteiger partial charge on any atom is 0.253 e. The number of aromatic nitrogens is 1. The number of carbonyl (C=O) groups excluding carboxylic acids is 1. The van der Waals surface area contributed by atoms with Gasteiger partial charge in [-0.05, 0) is 23.8 Å².